The summed E-state index contributed by atoms with van der Waals surface area (Å²) in [6.07, 6.45) is 0.197. The maximum absolute atomic E-state index is 12.4. The Labute approximate surface area is 168 Å². The molecule has 0 fully saturated rings. The number of methoxy groups -OCH3 is 1. The quantitative estimate of drug-likeness (QED) is 0.581. The second-order valence-corrected chi connectivity index (χ2v) is 8.06. The highest BCUT2D eigenvalue weighted by Gasteiger charge is 2.16. The highest BCUT2D eigenvalue weighted by molar-refractivity contribution is 7.89. The van der Waals surface area contributed by atoms with Crippen LogP contribution in [0.5, 0.6) is 0 Å². The van der Waals surface area contributed by atoms with Crippen LogP contribution >= 0.6 is 0 Å². The Hall–Kier alpha value is -3.23. The molecule has 3 aromatic carbocycles. The predicted molar refractivity (Wildman–Crippen MR) is 110 cm³/mol. The van der Waals surface area contributed by atoms with Gasteiger partial charge in [-0.25, -0.2) is 8.42 Å². The van der Waals surface area contributed by atoms with E-state index in [2.05, 4.69) is 14.8 Å². The zero-order chi connectivity index (χ0) is 20.9. The van der Waals surface area contributed by atoms with E-state index in [0.29, 0.717) is 5.69 Å². The maximum atomic E-state index is 12.4. The van der Waals surface area contributed by atoms with Crippen molar-refractivity contribution in [2.45, 2.75) is 11.3 Å². The zero-order valence-corrected chi connectivity index (χ0v) is 16.5. The maximum Gasteiger partial charge on any atom is 0.320 e. The fourth-order valence-corrected chi connectivity index (χ4v) is 3.82. The summed E-state index contributed by atoms with van der Waals surface area (Å²) in [6, 6.07) is 19.3. The molecule has 0 unspecified atom stereocenters. The van der Waals surface area contributed by atoms with Crippen LogP contribution in [-0.4, -0.2) is 33.9 Å². The van der Waals surface area contributed by atoms with Crippen LogP contribution in [-0.2, 0) is 30.8 Å². The number of sulfonamides is 1. The normalized spacial score (nSPS) is 11.2. The molecule has 3 rings (SSSR count). The Bertz CT molecular complexity index is 1140. The molecule has 8 heteroatoms. The lowest BCUT2D eigenvalue weighted by Crippen LogP contribution is -2.30. The molecule has 0 heterocycles. The fourth-order valence-electron chi connectivity index (χ4n) is 2.85. The third-order valence-corrected chi connectivity index (χ3v) is 5.73. The summed E-state index contributed by atoms with van der Waals surface area (Å²) in [6.45, 7) is -0.456. The molecule has 7 nitrogen and oxygen atoms in total. The summed E-state index contributed by atoms with van der Waals surface area (Å²) in [5.41, 5.74) is 1.38. The van der Waals surface area contributed by atoms with E-state index in [-0.39, 0.29) is 17.2 Å². The molecule has 0 aromatic heterocycles. The van der Waals surface area contributed by atoms with Crippen molar-refractivity contribution >= 4 is 38.4 Å². The van der Waals surface area contributed by atoms with Crippen LogP contribution in [0.25, 0.3) is 10.8 Å². The summed E-state index contributed by atoms with van der Waals surface area (Å²) in [5.74, 6) is -0.897. The van der Waals surface area contributed by atoms with Gasteiger partial charge in [-0.1, -0.05) is 42.5 Å². The average molecular weight is 412 g/mol. The third kappa shape index (κ3) is 5.18. The van der Waals surface area contributed by atoms with E-state index in [1.54, 1.807) is 0 Å². The number of anilines is 1. The van der Waals surface area contributed by atoms with Crippen molar-refractivity contribution in [3.8, 4) is 0 Å². The number of fused-ring (bicyclic) bond motifs is 1. The predicted octanol–water partition coefficient (Wildman–Crippen LogP) is 2.47. The summed E-state index contributed by atoms with van der Waals surface area (Å²) >= 11 is 0. The monoisotopic (exact) mass is 412 g/mol. The van der Waals surface area contributed by atoms with Crippen LogP contribution in [0.2, 0.25) is 0 Å². The minimum Gasteiger partial charge on any atom is -0.468 e. The van der Waals surface area contributed by atoms with Crippen molar-refractivity contribution in [2.24, 2.45) is 0 Å². The van der Waals surface area contributed by atoms with Crippen molar-refractivity contribution in [1.82, 2.24) is 4.72 Å². The largest absolute Gasteiger partial charge is 0.468 e. The molecule has 150 valence electrons. The average Bonchev–Trinajstić information content (AvgIpc) is 2.72. The van der Waals surface area contributed by atoms with Gasteiger partial charge in [0.15, 0.2) is 0 Å². The topological polar surface area (TPSA) is 102 Å². The lowest BCUT2D eigenvalue weighted by Gasteiger charge is -2.09. The minimum absolute atomic E-state index is 0.0199. The number of hydrogen-bond acceptors (Lipinski definition) is 5. The van der Waals surface area contributed by atoms with Gasteiger partial charge in [-0.3, -0.25) is 9.59 Å². The molecule has 0 spiro atoms. The number of nitrogens with one attached hydrogen (secondary N) is 2. The van der Waals surface area contributed by atoms with Gasteiger partial charge in [0.25, 0.3) is 0 Å². The number of hydrogen-bond donors (Lipinski definition) is 2. The molecule has 2 N–H and O–H groups in total. The minimum atomic E-state index is -3.85. The first kappa shape index (κ1) is 20.5. The number of amides is 1. The number of ether oxygens (including phenoxy) is 1. The zero-order valence-electron chi connectivity index (χ0n) is 15.7. The molecule has 0 aliphatic rings. The van der Waals surface area contributed by atoms with Crippen molar-refractivity contribution in [3.05, 3.63) is 72.3 Å². The molecule has 29 heavy (non-hydrogen) atoms. The second kappa shape index (κ2) is 8.85. The molecule has 0 radical (unpaired) electrons. The first-order valence-electron chi connectivity index (χ1n) is 8.82. The van der Waals surface area contributed by atoms with Crippen LogP contribution < -0.4 is 10.0 Å². The molecule has 3 aromatic rings. The Kier molecular flexibility index (Phi) is 6.26. The number of esters is 1. The van der Waals surface area contributed by atoms with Crippen molar-refractivity contribution in [1.29, 1.82) is 0 Å². The van der Waals surface area contributed by atoms with Gasteiger partial charge in [0.2, 0.25) is 15.9 Å². The SMILES string of the molecule is COC(=O)CNS(=O)(=O)c1ccc(NC(=O)Cc2cccc3ccccc23)cc1. The number of rotatable bonds is 7. The van der Waals surface area contributed by atoms with E-state index in [0.717, 1.165) is 16.3 Å². The Morgan fingerprint density at radius 1 is 0.931 bits per heavy atom. The molecule has 0 aliphatic heterocycles. The first-order chi connectivity index (χ1) is 13.9. The summed E-state index contributed by atoms with van der Waals surface area (Å²) in [5, 5.41) is 4.84. The second-order valence-electron chi connectivity index (χ2n) is 6.29. The standard InChI is InChI=1S/C21H20N2O5S/c1-28-21(25)14-22-29(26,27)18-11-9-17(10-12-18)23-20(24)13-16-7-4-6-15-5-2-3-8-19(15)16/h2-12,22H,13-14H2,1H3,(H,23,24). The Morgan fingerprint density at radius 3 is 2.34 bits per heavy atom. The Morgan fingerprint density at radius 2 is 1.62 bits per heavy atom. The Balaban J connectivity index is 1.66. The van der Waals surface area contributed by atoms with Gasteiger partial charge < -0.3 is 10.1 Å². The van der Waals surface area contributed by atoms with Gasteiger partial charge in [-0.15, -0.1) is 0 Å². The molecule has 0 atom stereocenters. The molecule has 0 aliphatic carbocycles. The van der Waals surface area contributed by atoms with Crippen molar-refractivity contribution < 1.29 is 22.7 Å². The molecule has 0 saturated carbocycles. The number of carbonyl (C=O) groups is 2. The molecule has 1 amide bonds. The van der Waals surface area contributed by atoms with Crippen LogP contribution in [0.3, 0.4) is 0 Å². The lowest BCUT2D eigenvalue weighted by molar-refractivity contribution is -0.139. The van der Waals surface area contributed by atoms with Crippen LogP contribution in [0.4, 0.5) is 5.69 Å². The molecular formula is C21H20N2O5S. The van der Waals surface area contributed by atoms with Gasteiger partial charge >= 0.3 is 5.97 Å². The highest BCUT2D eigenvalue weighted by Crippen LogP contribution is 2.20. The molecule has 0 bridgehead atoms. The van der Waals surface area contributed by atoms with Gasteiger partial charge in [-0.2, -0.15) is 4.72 Å². The van der Waals surface area contributed by atoms with Crippen molar-refractivity contribution in [3.63, 3.8) is 0 Å². The third-order valence-electron chi connectivity index (χ3n) is 4.31. The van der Waals surface area contributed by atoms with Gasteiger partial charge in [0.05, 0.1) is 18.4 Å². The van der Waals surface area contributed by atoms with E-state index in [1.165, 1.54) is 31.4 Å². The fraction of sp³-hybridized carbons (Fsp3) is 0.143. The molecular weight excluding hydrogens is 392 g/mol. The van der Waals surface area contributed by atoms with Gasteiger partial charge in [0.1, 0.15) is 6.54 Å². The first-order valence-corrected chi connectivity index (χ1v) is 10.3. The summed E-state index contributed by atoms with van der Waals surface area (Å²) < 4.78 is 30.8. The van der Waals surface area contributed by atoms with E-state index in [4.69, 9.17) is 0 Å². The van der Waals surface area contributed by atoms with Gasteiger partial charge in [0, 0.05) is 5.69 Å². The summed E-state index contributed by atoms with van der Waals surface area (Å²) in [7, 11) is -2.67. The number of benzene rings is 3. The summed E-state index contributed by atoms with van der Waals surface area (Å²) in [4.78, 5) is 23.5. The highest BCUT2D eigenvalue weighted by atomic mass is 32.2. The number of carbonyl (C=O) groups excluding carboxylic acids is 2. The van der Waals surface area contributed by atoms with E-state index >= 15 is 0 Å². The van der Waals surface area contributed by atoms with Crippen LogP contribution in [0.1, 0.15) is 5.56 Å². The van der Waals surface area contributed by atoms with E-state index in [1.807, 2.05) is 42.5 Å². The van der Waals surface area contributed by atoms with E-state index < -0.39 is 22.5 Å². The van der Waals surface area contributed by atoms with E-state index in [9.17, 15) is 18.0 Å². The van der Waals surface area contributed by atoms with Crippen molar-refractivity contribution in [2.75, 3.05) is 19.0 Å². The lowest BCUT2D eigenvalue weighted by atomic mass is 10.0. The molecule has 0 saturated heterocycles. The van der Waals surface area contributed by atoms with Gasteiger partial charge in [-0.05, 0) is 40.6 Å². The smallest absolute Gasteiger partial charge is 0.320 e. The van der Waals surface area contributed by atoms with Crippen LogP contribution in [0.15, 0.2) is 71.6 Å². The van der Waals surface area contributed by atoms with Crippen LogP contribution in [0, 0.1) is 0 Å².